The third-order valence-corrected chi connectivity index (χ3v) is 5.58. The van der Waals surface area contributed by atoms with Crippen LogP contribution in [0.25, 0.3) is 0 Å². The fraction of sp³-hybridized carbons (Fsp3) is 0.941. The molecule has 0 spiro atoms. The third-order valence-electron chi connectivity index (χ3n) is 5.58. The van der Waals surface area contributed by atoms with Gasteiger partial charge in [-0.15, -0.1) is 0 Å². The van der Waals surface area contributed by atoms with Gasteiger partial charge < -0.3 is 10.1 Å². The molecular formula is C17H31NO2. The molecule has 20 heavy (non-hydrogen) atoms. The number of esters is 1. The maximum absolute atomic E-state index is 12.1. The van der Waals surface area contributed by atoms with Crippen molar-refractivity contribution in [1.82, 2.24) is 5.32 Å². The first-order chi connectivity index (χ1) is 9.72. The zero-order valence-electron chi connectivity index (χ0n) is 13.2. The van der Waals surface area contributed by atoms with E-state index in [1.54, 1.807) is 0 Å². The van der Waals surface area contributed by atoms with Crippen molar-refractivity contribution in [3.05, 3.63) is 0 Å². The van der Waals surface area contributed by atoms with Crippen LogP contribution in [0.1, 0.15) is 71.1 Å². The Balaban J connectivity index is 1.91. The highest BCUT2D eigenvalue weighted by Gasteiger charge is 2.42. The summed E-state index contributed by atoms with van der Waals surface area (Å²) in [6.07, 6.45) is 12.3. The first-order valence-electron chi connectivity index (χ1n) is 8.55. The van der Waals surface area contributed by atoms with Gasteiger partial charge in [0.15, 0.2) is 0 Å². The summed E-state index contributed by atoms with van der Waals surface area (Å²) < 4.78 is 5.05. The second-order valence-electron chi connectivity index (χ2n) is 6.73. The zero-order valence-corrected chi connectivity index (χ0v) is 13.2. The SMILES string of the molecule is CCC(CNC1(C(=O)OC)CCCC1)C1CCCCC1. The summed E-state index contributed by atoms with van der Waals surface area (Å²) in [7, 11) is 1.52. The molecule has 2 aliphatic carbocycles. The first-order valence-corrected chi connectivity index (χ1v) is 8.55. The normalized spacial score (nSPS) is 24.5. The number of ether oxygens (including phenoxy) is 1. The molecule has 0 saturated heterocycles. The number of carbonyl (C=O) groups excluding carboxylic acids is 1. The van der Waals surface area contributed by atoms with E-state index in [0.717, 1.165) is 44.1 Å². The van der Waals surface area contributed by atoms with Crippen LogP contribution in [0.2, 0.25) is 0 Å². The summed E-state index contributed by atoms with van der Waals surface area (Å²) in [5.74, 6) is 1.53. The molecule has 1 N–H and O–H groups in total. The fourth-order valence-electron chi connectivity index (χ4n) is 4.20. The summed E-state index contributed by atoms with van der Waals surface area (Å²) >= 11 is 0. The number of carbonyl (C=O) groups is 1. The van der Waals surface area contributed by atoms with E-state index in [4.69, 9.17) is 4.74 Å². The lowest BCUT2D eigenvalue weighted by atomic mass is 9.78. The highest BCUT2D eigenvalue weighted by atomic mass is 16.5. The molecule has 0 aromatic carbocycles. The average molecular weight is 281 g/mol. The second-order valence-corrected chi connectivity index (χ2v) is 6.73. The van der Waals surface area contributed by atoms with Gasteiger partial charge in [0.25, 0.3) is 0 Å². The van der Waals surface area contributed by atoms with Crippen LogP contribution in [-0.2, 0) is 9.53 Å². The minimum atomic E-state index is -0.378. The van der Waals surface area contributed by atoms with E-state index >= 15 is 0 Å². The van der Waals surface area contributed by atoms with Crippen LogP contribution in [0.5, 0.6) is 0 Å². The summed E-state index contributed by atoms with van der Waals surface area (Å²) in [6.45, 7) is 3.27. The van der Waals surface area contributed by atoms with Crippen molar-refractivity contribution < 1.29 is 9.53 Å². The van der Waals surface area contributed by atoms with Crippen LogP contribution in [0.3, 0.4) is 0 Å². The van der Waals surface area contributed by atoms with Crippen molar-refractivity contribution in [1.29, 1.82) is 0 Å². The number of rotatable bonds is 6. The van der Waals surface area contributed by atoms with Gasteiger partial charge in [0.1, 0.15) is 5.54 Å². The molecule has 0 aromatic heterocycles. The van der Waals surface area contributed by atoms with Crippen LogP contribution < -0.4 is 5.32 Å². The molecule has 1 unspecified atom stereocenters. The van der Waals surface area contributed by atoms with Crippen LogP contribution in [-0.4, -0.2) is 25.2 Å². The Hall–Kier alpha value is -0.570. The smallest absolute Gasteiger partial charge is 0.326 e. The van der Waals surface area contributed by atoms with E-state index in [9.17, 15) is 4.79 Å². The molecule has 1 atom stereocenters. The molecule has 3 nitrogen and oxygen atoms in total. The Morgan fingerprint density at radius 2 is 1.85 bits per heavy atom. The Morgan fingerprint density at radius 1 is 1.20 bits per heavy atom. The highest BCUT2D eigenvalue weighted by molar-refractivity contribution is 5.81. The molecule has 2 saturated carbocycles. The lowest BCUT2D eigenvalue weighted by molar-refractivity contribution is -0.148. The molecule has 2 aliphatic rings. The molecule has 0 bridgehead atoms. The van der Waals surface area contributed by atoms with E-state index in [0.29, 0.717) is 0 Å². The minimum absolute atomic E-state index is 0.0477. The van der Waals surface area contributed by atoms with Crippen molar-refractivity contribution in [2.75, 3.05) is 13.7 Å². The zero-order chi connectivity index (χ0) is 14.4. The Labute approximate surface area is 123 Å². The standard InChI is InChI=1S/C17H31NO2/c1-3-14(15-9-5-4-6-10-15)13-18-17(16(19)20-2)11-7-8-12-17/h14-15,18H,3-13H2,1-2H3. The molecule has 2 fully saturated rings. The number of hydrogen-bond acceptors (Lipinski definition) is 3. The summed E-state index contributed by atoms with van der Waals surface area (Å²) in [6, 6.07) is 0. The lowest BCUT2D eigenvalue weighted by Gasteiger charge is -2.34. The van der Waals surface area contributed by atoms with Gasteiger partial charge in [0.05, 0.1) is 7.11 Å². The molecular weight excluding hydrogens is 250 g/mol. The van der Waals surface area contributed by atoms with Gasteiger partial charge in [-0.1, -0.05) is 58.3 Å². The monoisotopic (exact) mass is 281 g/mol. The molecule has 0 amide bonds. The largest absolute Gasteiger partial charge is 0.468 e. The summed E-state index contributed by atoms with van der Waals surface area (Å²) in [5, 5.41) is 3.62. The van der Waals surface area contributed by atoms with E-state index in [1.807, 2.05) is 0 Å². The Bertz CT molecular complexity index is 304. The van der Waals surface area contributed by atoms with Crippen molar-refractivity contribution in [3.8, 4) is 0 Å². The van der Waals surface area contributed by atoms with E-state index < -0.39 is 0 Å². The van der Waals surface area contributed by atoms with Crippen molar-refractivity contribution in [2.45, 2.75) is 76.7 Å². The third kappa shape index (κ3) is 3.55. The predicted molar refractivity (Wildman–Crippen MR) is 81.6 cm³/mol. The maximum atomic E-state index is 12.1. The van der Waals surface area contributed by atoms with Gasteiger partial charge in [0, 0.05) is 0 Å². The predicted octanol–water partition coefficient (Wildman–Crippen LogP) is 3.67. The second kappa shape index (κ2) is 7.44. The summed E-state index contributed by atoms with van der Waals surface area (Å²) in [5.41, 5.74) is -0.378. The van der Waals surface area contributed by atoms with Gasteiger partial charge >= 0.3 is 5.97 Å². The van der Waals surface area contributed by atoms with Gasteiger partial charge in [0.2, 0.25) is 0 Å². The van der Waals surface area contributed by atoms with Gasteiger partial charge in [-0.05, 0) is 31.2 Å². The number of methoxy groups -OCH3 is 1. The van der Waals surface area contributed by atoms with E-state index in [2.05, 4.69) is 12.2 Å². The molecule has 0 aromatic rings. The number of nitrogens with one attached hydrogen (secondary N) is 1. The van der Waals surface area contributed by atoms with Crippen LogP contribution in [0.15, 0.2) is 0 Å². The van der Waals surface area contributed by atoms with Crippen molar-refractivity contribution in [2.24, 2.45) is 11.8 Å². The van der Waals surface area contributed by atoms with Gasteiger partial charge in [-0.25, -0.2) is 0 Å². The summed E-state index contributed by atoms with van der Waals surface area (Å²) in [4.78, 5) is 12.1. The molecule has 3 heteroatoms. The van der Waals surface area contributed by atoms with E-state index in [1.165, 1.54) is 45.6 Å². The first kappa shape index (κ1) is 15.8. The van der Waals surface area contributed by atoms with Crippen LogP contribution in [0.4, 0.5) is 0 Å². The van der Waals surface area contributed by atoms with Crippen LogP contribution in [0, 0.1) is 11.8 Å². The highest BCUT2D eigenvalue weighted by Crippen LogP contribution is 2.34. The van der Waals surface area contributed by atoms with Crippen LogP contribution >= 0.6 is 0 Å². The molecule has 0 radical (unpaired) electrons. The van der Waals surface area contributed by atoms with Gasteiger partial charge in [-0.3, -0.25) is 4.79 Å². The van der Waals surface area contributed by atoms with Gasteiger partial charge in [-0.2, -0.15) is 0 Å². The molecule has 2 rings (SSSR count). The quantitative estimate of drug-likeness (QED) is 0.755. The molecule has 0 aliphatic heterocycles. The molecule has 0 heterocycles. The topological polar surface area (TPSA) is 38.3 Å². The maximum Gasteiger partial charge on any atom is 0.326 e. The average Bonchev–Trinajstić information content (AvgIpc) is 2.98. The van der Waals surface area contributed by atoms with E-state index in [-0.39, 0.29) is 11.5 Å². The molecule has 116 valence electrons. The lowest BCUT2D eigenvalue weighted by Crippen LogP contribution is -2.52. The van der Waals surface area contributed by atoms with Crippen molar-refractivity contribution >= 4 is 5.97 Å². The Kier molecular flexibility index (Phi) is 5.88. The Morgan fingerprint density at radius 3 is 2.40 bits per heavy atom. The van der Waals surface area contributed by atoms with Crippen molar-refractivity contribution in [3.63, 3.8) is 0 Å². The minimum Gasteiger partial charge on any atom is -0.468 e. The number of hydrogen-bond donors (Lipinski definition) is 1. The fourth-order valence-corrected chi connectivity index (χ4v) is 4.20.